The minimum absolute atomic E-state index is 0.319. The van der Waals surface area contributed by atoms with Gasteiger partial charge in [0.25, 0.3) is 0 Å². The Bertz CT molecular complexity index is 739. The Morgan fingerprint density at radius 2 is 2.23 bits per heavy atom. The quantitative estimate of drug-likeness (QED) is 0.794. The molecule has 0 unspecified atom stereocenters. The second-order valence-electron chi connectivity index (χ2n) is 6.14. The molecule has 112 valence electrons. The monoisotopic (exact) mass is 313 g/mol. The second-order valence-corrected chi connectivity index (χ2v) is 7.09. The molecule has 5 heteroatoms. The van der Waals surface area contributed by atoms with E-state index >= 15 is 4.39 Å². The summed E-state index contributed by atoms with van der Waals surface area (Å²) in [5, 5.41) is 2.01. The van der Waals surface area contributed by atoms with Crippen molar-refractivity contribution in [2.45, 2.75) is 24.9 Å². The van der Waals surface area contributed by atoms with Crippen LogP contribution in [-0.4, -0.2) is 28.7 Å². The van der Waals surface area contributed by atoms with E-state index in [4.69, 9.17) is 6.42 Å². The molecule has 3 nitrogen and oxygen atoms in total. The van der Waals surface area contributed by atoms with E-state index in [0.29, 0.717) is 25.3 Å². The molecule has 1 aliphatic heterocycles. The van der Waals surface area contributed by atoms with Crippen molar-refractivity contribution in [2.75, 3.05) is 18.0 Å². The lowest BCUT2D eigenvalue weighted by Crippen LogP contribution is -2.37. The summed E-state index contributed by atoms with van der Waals surface area (Å²) in [5.74, 6) is 3.47. The zero-order valence-corrected chi connectivity index (χ0v) is 12.9. The van der Waals surface area contributed by atoms with Gasteiger partial charge in [0, 0.05) is 6.54 Å². The van der Waals surface area contributed by atoms with Crippen LogP contribution >= 0.6 is 11.3 Å². The fraction of sp³-hybridized carbons (Fsp3) is 0.412. The van der Waals surface area contributed by atoms with Gasteiger partial charge in [-0.05, 0) is 30.7 Å². The van der Waals surface area contributed by atoms with Crippen LogP contribution in [0.3, 0.4) is 0 Å². The van der Waals surface area contributed by atoms with Crippen molar-refractivity contribution >= 4 is 17.2 Å². The van der Waals surface area contributed by atoms with Crippen LogP contribution in [0.2, 0.25) is 0 Å². The number of aromatic nitrogens is 2. The summed E-state index contributed by atoms with van der Waals surface area (Å²) < 4.78 is 15.2. The third kappa shape index (κ3) is 1.87. The van der Waals surface area contributed by atoms with Crippen molar-refractivity contribution < 1.29 is 4.39 Å². The van der Waals surface area contributed by atoms with E-state index in [2.05, 4.69) is 15.9 Å². The highest BCUT2D eigenvalue weighted by Gasteiger charge is 2.61. The van der Waals surface area contributed by atoms with Gasteiger partial charge in [-0.15, -0.1) is 17.8 Å². The molecule has 0 N–H and O–H groups in total. The number of hydrogen-bond donors (Lipinski definition) is 0. The summed E-state index contributed by atoms with van der Waals surface area (Å²) in [7, 11) is 0. The minimum Gasteiger partial charge on any atom is -0.350 e. The summed E-state index contributed by atoms with van der Waals surface area (Å²) in [6, 6.07) is 4.00. The highest BCUT2D eigenvalue weighted by atomic mass is 32.1. The molecule has 2 aliphatic rings. The lowest BCUT2D eigenvalue weighted by atomic mass is 9.79. The van der Waals surface area contributed by atoms with Gasteiger partial charge in [-0.2, -0.15) is 0 Å². The van der Waals surface area contributed by atoms with Gasteiger partial charge in [0.15, 0.2) is 0 Å². The Morgan fingerprint density at radius 1 is 1.32 bits per heavy atom. The van der Waals surface area contributed by atoms with Crippen molar-refractivity contribution in [1.82, 2.24) is 9.97 Å². The van der Waals surface area contributed by atoms with Crippen molar-refractivity contribution in [1.29, 1.82) is 0 Å². The molecule has 1 aliphatic carbocycles. The minimum atomic E-state index is -1.29. The maximum absolute atomic E-state index is 15.2. The second kappa shape index (κ2) is 4.79. The van der Waals surface area contributed by atoms with Gasteiger partial charge < -0.3 is 4.90 Å². The lowest BCUT2D eigenvalue weighted by molar-refractivity contribution is 0.116. The first-order valence-electron chi connectivity index (χ1n) is 7.43. The third-order valence-corrected chi connectivity index (χ3v) is 5.82. The van der Waals surface area contributed by atoms with Crippen molar-refractivity contribution in [3.63, 3.8) is 0 Å². The molecule has 1 saturated carbocycles. The van der Waals surface area contributed by atoms with Crippen LogP contribution in [0, 0.1) is 17.8 Å². The third-order valence-electron chi connectivity index (χ3n) is 4.93. The van der Waals surface area contributed by atoms with E-state index in [0.717, 1.165) is 23.4 Å². The Kier molecular flexibility index (Phi) is 2.98. The van der Waals surface area contributed by atoms with Gasteiger partial charge >= 0.3 is 0 Å². The largest absolute Gasteiger partial charge is 0.350 e. The van der Waals surface area contributed by atoms with Gasteiger partial charge in [0.2, 0.25) is 0 Å². The van der Waals surface area contributed by atoms with E-state index in [9.17, 15) is 0 Å². The molecule has 3 heterocycles. The number of fused-ring (bicyclic) bond motifs is 1. The number of terminal acetylenes is 1. The molecule has 2 aromatic heterocycles. The van der Waals surface area contributed by atoms with E-state index < -0.39 is 11.1 Å². The van der Waals surface area contributed by atoms with Gasteiger partial charge in [0.05, 0.1) is 29.2 Å². The molecule has 0 radical (unpaired) electrons. The molecule has 4 rings (SSSR count). The first-order valence-corrected chi connectivity index (χ1v) is 8.31. The summed E-state index contributed by atoms with van der Waals surface area (Å²) in [6.07, 6.45) is 11.3. The fourth-order valence-electron chi connectivity index (χ4n) is 3.73. The number of rotatable bonds is 2. The molecule has 2 fully saturated rings. The number of nitrogens with zero attached hydrogens (tertiary/aromatic N) is 3. The number of anilines is 1. The molecule has 2 atom stereocenters. The number of hydrogen-bond acceptors (Lipinski definition) is 4. The Balaban J connectivity index is 1.67. The maximum Gasteiger partial charge on any atom is 0.148 e. The van der Waals surface area contributed by atoms with Gasteiger partial charge in [-0.3, -0.25) is 4.98 Å². The summed E-state index contributed by atoms with van der Waals surface area (Å²) in [6.45, 7) is 0.850. The summed E-state index contributed by atoms with van der Waals surface area (Å²) >= 11 is 1.62. The molecule has 0 amide bonds. The van der Waals surface area contributed by atoms with Crippen LogP contribution in [0.5, 0.6) is 0 Å². The molecular formula is C17H16FN3S. The Morgan fingerprint density at radius 3 is 2.95 bits per heavy atom. The number of thiophene rings is 1. The molecule has 2 aromatic rings. The predicted molar refractivity (Wildman–Crippen MR) is 86.5 cm³/mol. The van der Waals surface area contributed by atoms with E-state index in [1.807, 2.05) is 22.4 Å². The van der Waals surface area contributed by atoms with Crippen molar-refractivity contribution in [3.05, 3.63) is 29.9 Å². The van der Waals surface area contributed by atoms with Crippen LogP contribution in [0.4, 0.5) is 10.2 Å². The first kappa shape index (κ1) is 13.7. The highest BCUT2D eigenvalue weighted by molar-refractivity contribution is 7.13. The Hall–Kier alpha value is -1.93. The molecule has 0 bridgehead atoms. The van der Waals surface area contributed by atoms with Crippen LogP contribution in [0.25, 0.3) is 10.6 Å². The predicted octanol–water partition coefficient (Wildman–Crippen LogP) is 3.54. The first-order chi connectivity index (χ1) is 10.7. The Labute approximate surface area is 133 Å². The van der Waals surface area contributed by atoms with Crippen molar-refractivity contribution in [3.8, 4) is 22.9 Å². The normalized spacial score (nSPS) is 30.3. The van der Waals surface area contributed by atoms with Crippen molar-refractivity contribution in [2.24, 2.45) is 5.41 Å². The van der Waals surface area contributed by atoms with E-state index in [1.165, 1.54) is 0 Å². The number of alkyl halides is 1. The molecule has 1 saturated heterocycles. The zero-order valence-electron chi connectivity index (χ0n) is 12.1. The van der Waals surface area contributed by atoms with Gasteiger partial charge in [-0.1, -0.05) is 12.0 Å². The molecule has 0 spiro atoms. The standard InChI is InChI=1S/C17H16FN3S/c1-2-16-6-4-7-17(16,18)12-21(11-16)15-10-19-9-13(20-15)14-5-3-8-22-14/h1,3,5,8-10H,4,6-7,11-12H2/t16-,17-/m0/s1. The average molecular weight is 313 g/mol. The topological polar surface area (TPSA) is 29.0 Å². The average Bonchev–Trinajstić information content (AvgIpc) is 3.20. The smallest absolute Gasteiger partial charge is 0.148 e. The zero-order chi connectivity index (χ0) is 15.2. The maximum atomic E-state index is 15.2. The fourth-order valence-corrected chi connectivity index (χ4v) is 4.41. The van der Waals surface area contributed by atoms with Gasteiger partial charge in [0.1, 0.15) is 17.2 Å². The van der Waals surface area contributed by atoms with Crippen LogP contribution < -0.4 is 4.90 Å². The molecular weight excluding hydrogens is 297 g/mol. The van der Waals surface area contributed by atoms with Gasteiger partial charge in [-0.25, -0.2) is 9.37 Å². The van der Waals surface area contributed by atoms with Crippen LogP contribution in [0.1, 0.15) is 19.3 Å². The number of halogens is 1. The molecule has 22 heavy (non-hydrogen) atoms. The van der Waals surface area contributed by atoms with E-state index in [-0.39, 0.29) is 0 Å². The summed E-state index contributed by atoms with van der Waals surface area (Å²) in [4.78, 5) is 12.0. The molecule has 0 aromatic carbocycles. The lowest BCUT2D eigenvalue weighted by Gasteiger charge is -2.26. The van der Waals surface area contributed by atoms with Crippen LogP contribution in [0.15, 0.2) is 29.9 Å². The highest BCUT2D eigenvalue weighted by Crippen LogP contribution is 2.54. The van der Waals surface area contributed by atoms with E-state index in [1.54, 1.807) is 23.7 Å². The SMILES string of the molecule is C#C[C@@]12CCC[C@]1(F)CN(c1cncc(-c3cccs3)n1)C2. The summed E-state index contributed by atoms with van der Waals surface area (Å²) in [5.41, 5.74) is -1.12. The van der Waals surface area contributed by atoms with Crippen LogP contribution in [-0.2, 0) is 0 Å².